The van der Waals surface area contributed by atoms with Crippen molar-refractivity contribution in [2.24, 2.45) is 0 Å². The number of nitrogens with zero attached hydrogens (tertiary/aromatic N) is 1. The summed E-state index contributed by atoms with van der Waals surface area (Å²) in [6.45, 7) is 1.01. The van der Waals surface area contributed by atoms with Crippen LogP contribution in [0.3, 0.4) is 0 Å². The second-order valence-corrected chi connectivity index (χ2v) is 4.57. The van der Waals surface area contributed by atoms with E-state index in [0.717, 1.165) is 10.0 Å². The normalized spacial score (nSPS) is 16.2. The van der Waals surface area contributed by atoms with E-state index in [1.165, 1.54) is 0 Å². The molecule has 84 valence electrons. The Labute approximate surface area is 102 Å². The smallest absolute Gasteiger partial charge is 0.320 e. The third-order valence-electron chi connectivity index (χ3n) is 2.40. The van der Waals surface area contributed by atoms with Crippen LogP contribution in [0.15, 0.2) is 28.7 Å². The van der Waals surface area contributed by atoms with Crippen LogP contribution in [0.2, 0.25) is 0 Å². The molecule has 1 fully saturated rings. The van der Waals surface area contributed by atoms with Crippen LogP contribution in [0.4, 0.5) is 4.79 Å². The lowest BCUT2D eigenvalue weighted by molar-refractivity contribution is -0.121. The van der Waals surface area contributed by atoms with Crippen molar-refractivity contribution in [3.05, 3.63) is 34.3 Å². The molecule has 1 heterocycles. The molecule has 0 bridgehead atoms. The summed E-state index contributed by atoms with van der Waals surface area (Å²) in [5.74, 6) is -0.199. The molecule has 0 saturated carbocycles. The molecule has 0 unspecified atom stereocenters. The van der Waals surface area contributed by atoms with Gasteiger partial charge in [-0.25, -0.2) is 4.79 Å². The van der Waals surface area contributed by atoms with Gasteiger partial charge in [-0.15, -0.1) is 0 Å². The number of nitrogens with one attached hydrogen (secondary N) is 1. The summed E-state index contributed by atoms with van der Waals surface area (Å²) >= 11 is 3.38. The van der Waals surface area contributed by atoms with Crippen LogP contribution >= 0.6 is 15.9 Å². The summed E-state index contributed by atoms with van der Waals surface area (Å²) in [6.07, 6.45) is 0.375. The second kappa shape index (κ2) is 4.65. The minimum Gasteiger partial charge on any atom is -0.320 e. The minimum absolute atomic E-state index is 0.199. The predicted molar refractivity (Wildman–Crippen MR) is 62.7 cm³/mol. The highest BCUT2D eigenvalue weighted by molar-refractivity contribution is 9.10. The largest absolute Gasteiger partial charge is 0.324 e. The third-order valence-corrected chi connectivity index (χ3v) is 2.90. The van der Waals surface area contributed by atoms with Crippen LogP contribution in [-0.4, -0.2) is 23.4 Å². The number of halogens is 1. The molecule has 0 spiro atoms. The fourth-order valence-electron chi connectivity index (χ4n) is 1.61. The van der Waals surface area contributed by atoms with E-state index in [-0.39, 0.29) is 11.9 Å². The van der Waals surface area contributed by atoms with Crippen molar-refractivity contribution in [1.29, 1.82) is 0 Å². The van der Waals surface area contributed by atoms with Gasteiger partial charge in [-0.1, -0.05) is 28.1 Å². The standard InChI is InChI=1S/C11H11BrN2O2/c12-9-3-1-2-8(6-9)7-14-5-4-10(15)13-11(14)16/h1-3,6H,4-5,7H2,(H,13,15,16). The number of urea groups is 1. The SMILES string of the molecule is O=C1CCN(Cc2cccc(Br)c2)C(=O)N1. The molecule has 1 N–H and O–H groups in total. The van der Waals surface area contributed by atoms with E-state index >= 15 is 0 Å². The quantitative estimate of drug-likeness (QED) is 0.901. The first-order chi connectivity index (χ1) is 7.65. The number of imide groups is 1. The monoisotopic (exact) mass is 282 g/mol. The number of hydrogen-bond donors (Lipinski definition) is 1. The lowest BCUT2D eigenvalue weighted by Crippen LogP contribution is -2.48. The zero-order valence-electron chi connectivity index (χ0n) is 8.57. The topological polar surface area (TPSA) is 49.4 Å². The van der Waals surface area contributed by atoms with Gasteiger partial charge in [0.2, 0.25) is 5.91 Å². The summed E-state index contributed by atoms with van der Waals surface area (Å²) in [6, 6.07) is 7.46. The Kier molecular flexibility index (Phi) is 3.24. The van der Waals surface area contributed by atoms with Gasteiger partial charge in [-0.3, -0.25) is 10.1 Å². The van der Waals surface area contributed by atoms with Gasteiger partial charge in [-0.2, -0.15) is 0 Å². The van der Waals surface area contributed by atoms with Crippen molar-refractivity contribution in [1.82, 2.24) is 10.2 Å². The lowest BCUT2D eigenvalue weighted by Gasteiger charge is -2.26. The Morgan fingerprint density at radius 1 is 1.38 bits per heavy atom. The number of hydrogen-bond acceptors (Lipinski definition) is 2. The Morgan fingerprint density at radius 2 is 2.19 bits per heavy atom. The second-order valence-electron chi connectivity index (χ2n) is 3.65. The maximum Gasteiger partial charge on any atom is 0.324 e. The summed E-state index contributed by atoms with van der Waals surface area (Å²) in [5, 5.41) is 2.30. The van der Waals surface area contributed by atoms with Crippen LogP contribution in [0.25, 0.3) is 0 Å². The summed E-state index contributed by atoms with van der Waals surface area (Å²) < 4.78 is 0.985. The van der Waals surface area contributed by atoms with Crippen LogP contribution in [-0.2, 0) is 11.3 Å². The Bertz CT molecular complexity index is 434. The summed E-state index contributed by atoms with van der Waals surface area (Å²) in [4.78, 5) is 24.1. The van der Waals surface area contributed by atoms with E-state index in [1.807, 2.05) is 24.3 Å². The summed E-state index contributed by atoms with van der Waals surface area (Å²) in [5.41, 5.74) is 1.04. The minimum atomic E-state index is -0.309. The highest BCUT2D eigenvalue weighted by Crippen LogP contribution is 2.14. The molecule has 2 rings (SSSR count). The molecule has 0 aromatic heterocycles. The Balaban J connectivity index is 2.05. The molecule has 1 aliphatic rings. The van der Waals surface area contributed by atoms with Crippen molar-refractivity contribution < 1.29 is 9.59 Å². The number of carbonyl (C=O) groups excluding carboxylic acids is 2. The van der Waals surface area contributed by atoms with Gasteiger partial charge in [0, 0.05) is 24.0 Å². The number of benzene rings is 1. The molecular weight excluding hydrogens is 272 g/mol. The molecular formula is C11H11BrN2O2. The highest BCUT2D eigenvalue weighted by atomic mass is 79.9. The number of carbonyl (C=O) groups is 2. The fraction of sp³-hybridized carbons (Fsp3) is 0.273. The van der Waals surface area contributed by atoms with E-state index in [9.17, 15) is 9.59 Å². The zero-order valence-corrected chi connectivity index (χ0v) is 10.2. The van der Waals surface area contributed by atoms with E-state index in [2.05, 4.69) is 21.2 Å². The molecule has 0 aliphatic carbocycles. The molecule has 1 saturated heterocycles. The van der Waals surface area contributed by atoms with Crippen molar-refractivity contribution in [2.75, 3.05) is 6.54 Å². The van der Waals surface area contributed by atoms with Crippen molar-refractivity contribution in [2.45, 2.75) is 13.0 Å². The van der Waals surface area contributed by atoms with Gasteiger partial charge >= 0.3 is 6.03 Å². The van der Waals surface area contributed by atoms with Gasteiger partial charge in [0.25, 0.3) is 0 Å². The molecule has 3 amide bonds. The zero-order chi connectivity index (χ0) is 11.5. The van der Waals surface area contributed by atoms with Crippen molar-refractivity contribution in [3.63, 3.8) is 0 Å². The van der Waals surface area contributed by atoms with Gasteiger partial charge in [0.05, 0.1) is 0 Å². The third kappa shape index (κ3) is 2.61. The first-order valence-electron chi connectivity index (χ1n) is 4.98. The van der Waals surface area contributed by atoms with Gasteiger partial charge in [0.1, 0.15) is 0 Å². The van der Waals surface area contributed by atoms with E-state index < -0.39 is 0 Å². The first kappa shape index (κ1) is 11.1. The van der Waals surface area contributed by atoms with Crippen LogP contribution in [0.5, 0.6) is 0 Å². The number of amides is 3. The molecule has 0 atom stereocenters. The Morgan fingerprint density at radius 3 is 2.88 bits per heavy atom. The van der Waals surface area contributed by atoms with Gasteiger partial charge in [-0.05, 0) is 17.7 Å². The van der Waals surface area contributed by atoms with E-state index in [1.54, 1.807) is 4.90 Å². The molecule has 5 heteroatoms. The average Bonchev–Trinajstić information content (AvgIpc) is 2.22. The predicted octanol–water partition coefficient (Wildman–Crippen LogP) is 1.89. The molecule has 1 aromatic rings. The molecule has 16 heavy (non-hydrogen) atoms. The molecule has 4 nitrogen and oxygen atoms in total. The van der Waals surface area contributed by atoms with E-state index in [0.29, 0.717) is 19.5 Å². The fourth-order valence-corrected chi connectivity index (χ4v) is 2.05. The van der Waals surface area contributed by atoms with Gasteiger partial charge < -0.3 is 4.90 Å². The molecule has 1 aromatic carbocycles. The van der Waals surface area contributed by atoms with Crippen LogP contribution < -0.4 is 5.32 Å². The van der Waals surface area contributed by atoms with Crippen LogP contribution in [0.1, 0.15) is 12.0 Å². The maximum absolute atomic E-state index is 11.5. The number of rotatable bonds is 2. The average molecular weight is 283 g/mol. The maximum atomic E-state index is 11.5. The van der Waals surface area contributed by atoms with Crippen molar-refractivity contribution >= 4 is 27.9 Å². The van der Waals surface area contributed by atoms with Gasteiger partial charge in [0.15, 0.2) is 0 Å². The Hall–Kier alpha value is -1.36. The first-order valence-corrected chi connectivity index (χ1v) is 5.77. The lowest BCUT2D eigenvalue weighted by atomic mass is 10.2. The summed E-state index contributed by atoms with van der Waals surface area (Å²) in [7, 11) is 0. The van der Waals surface area contributed by atoms with Crippen LogP contribution in [0, 0.1) is 0 Å². The molecule has 1 aliphatic heterocycles. The van der Waals surface area contributed by atoms with Crippen molar-refractivity contribution in [3.8, 4) is 0 Å². The highest BCUT2D eigenvalue weighted by Gasteiger charge is 2.22. The molecule has 0 radical (unpaired) electrons. The van der Waals surface area contributed by atoms with E-state index in [4.69, 9.17) is 0 Å².